The molecule has 122 valence electrons. The topological polar surface area (TPSA) is 107 Å². The molecule has 2 amide bonds. The summed E-state index contributed by atoms with van der Waals surface area (Å²) in [6.45, 7) is -0.203. The van der Waals surface area contributed by atoms with Gasteiger partial charge >= 0.3 is 5.69 Å². The lowest BCUT2D eigenvalue weighted by Crippen LogP contribution is -2.33. The van der Waals surface area contributed by atoms with Crippen LogP contribution in [0.2, 0.25) is 5.02 Å². The van der Waals surface area contributed by atoms with Crippen LogP contribution in [0.25, 0.3) is 11.0 Å². The molecule has 24 heavy (non-hydrogen) atoms. The highest BCUT2D eigenvalue weighted by Crippen LogP contribution is 2.15. The highest BCUT2D eigenvalue weighted by molar-refractivity contribution is 6.33. The van der Waals surface area contributed by atoms with Gasteiger partial charge in [-0.05, 0) is 30.3 Å². The molecule has 0 aliphatic rings. The first-order chi connectivity index (χ1) is 11.5. The molecule has 0 aliphatic carbocycles. The van der Waals surface area contributed by atoms with Crippen LogP contribution in [0.3, 0.4) is 0 Å². The molecule has 0 saturated heterocycles. The number of halogens is 1. The quantitative estimate of drug-likeness (QED) is 0.580. The predicted molar refractivity (Wildman–Crippen MR) is 91.3 cm³/mol. The zero-order chi connectivity index (χ0) is 17.1. The molecule has 7 nitrogen and oxygen atoms in total. The van der Waals surface area contributed by atoms with Crippen LogP contribution in [0.4, 0.5) is 5.69 Å². The van der Waals surface area contributed by atoms with Crippen molar-refractivity contribution in [2.24, 2.45) is 0 Å². The van der Waals surface area contributed by atoms with E-state index >= 15 is 0 Å². The van der Waals surface area contributed by atoms with E-state index in [1.165, 1.54) is 0 Å². The molecular formula is C16H13ClN4O3. The van der Waals surface area contributed by atoms with E-state index in [4.69, 9.17) is 11.6 Å². The fourth-order valence-corrected chi connectivity index (χ4v) is 2.44. The fraction of sp³-hybridized carbons (Fsp3) is 0.0625. The van der Waals surface area contributed by atoms with Gasteiger partial charge in [-0.3, -0.25) is 9.59 Å². The van der Waals surface area contributed by atoms with Crippen LogP contribution in [-0.4, -0.2) is 28.3 Å². The number of carbonyl (C=O) groups is 2. The molecule has 0 saturated carbocycles. The van der Waals surface area contributed by atoms with Crippen LogP contribution in [0.15, 0.2) is 47.3 Å². The summed E-state index contributed by atoms with van der Waals surface area (Å²) in [4.78, 5) is 40.3. The van der Waals surface area contributed by atoms with E-state index in [2.05, 4.69) is 20.6 Å². The summed E-state index contributed by atoms with van der Waals surface area (Å²) in [5, 5.41) is 5.46. The highest BCUT2D eigenvalue weighted by atomic mass is 35.5. The molecule has 0 spiro atoms. The Morgan fingerprint density at radius 2 is 1.79 bits per heavy atom. The third-order valence-corrected chi connectivity index (χ3v) is 3.66. The maximum absolute atomic E-state index is 12.0. The molecular weight excluding hydrogens is 332 g/mol. The van der Waals surface area contributed by atoms with Crippen molar-refractivity contribution in [2.75, 3.05) is 11.9 Å². The molecule has 2 aromatic carbocycles. The van der Waals surface area contributed by atoms with Crippen LogP contribution >= 0.6 is 11.6 Å². The van der Waals surface area contributed by atoms with Gasteiger partial charge in [-0.15, -0.1) is 0 Å². The summed E-state index contributed by atoms with van der Waals surface area (Å²) in [7, 11) is 0. The first-order valence-corrected chi connectivity index (χ1v) is 7.45. The summed E-state index contributed by atoms with van der Waals surface area (Å²) in [6.07, 6.45) is 0. The molecule has 0 radical (unpaired) electrons. The Kier molecular flexibility index (Phi) is 4.35. The number of hydrogen-bond donors (Lipinski definition) is 4. The number of nitrogens with one attached hydrogen (secondary N) is 4. The van der Waals surface area contributed by atoms with E-state index in [0.717, 1.165) is 0 Å². The number of fused-ring (bicyclic) bond motifs is 1. The minimum absolute atomic E-state index is 0.203. The van der Waals surface area contributed by atoms with Crippen molar-refractivity contribution in [3.63, 3.8) is 0 Å². The maximum atomic E-state index is 12.0. The molecule has 0 aliphatic heterocycles. The van der Waals surface area contributed by atoms with Gasteiger partial charge in [0.05, 0.1) is 28.2 Å². The van der Waals surface area contributed by atoms with E-state index in [1.54, 1.807) is 42.5 Å². The Labute approximate surface area is 141 Å². The second kappa shape index (κ2) is 6.59. The summed E-state index contributed by atoms with van der Waals surface area (Å²) in [5.41, 5.74) is 1.72. The van der Waals surface area contributed by atoms with Crippen molar-refractivity contribution in [1.29, 1.82) is 0 Å². The number of anilines is 1. The van der Waals surface area contributed by atoms with Gasteiger partial charge in [0, 0.05) is 5.69 Å². The molecule has 0 atom stereocenters. The van der Waals surface area contributed by atoms with Crippen LogP contribution in [0, 0.1) is 0 Å². The van der Waals surface area contributed by atoms with Crippen molar-refractivity contribution in [3.8, 4) is 0 Å². The molecule has 0 bridgehead atoms. The molecule has 8 heteroatoms. The Morgan fingerprint density at radius 1 is 1.04 bits per heavy atom. The molecule has 4 N–H and O–H groups in total. The zero-order valence-electron chi connectivity index (χ0n) is 12.4. The van der Waals surface area contributed by atoms with Crippen molar-refractivity contribution in [2.45, 2.75) is 0 Å². The van der Waals surface area contributed by atoms with Gasteiger partial charge < -0.3 is 20.6 Å². The minimum atomic E-state index is -0.429. The van der Waals surface area contributed by atoms with Gasteiger partial charge in [-0.25, -0.2) is 4.79 Å². The van der Waals surface area contributed by atoms with Crippen LogP contribution in [0.5, 0.6) is 0 Å². The average Bonchev–Trinajstić information content (AvgIpc) is 2.92. The predicted octanol–water partition coefficient (Wildman–Crippen LogP) is 1.88. The number of hydrogen-bond acceptors (Lipinski definition) is 3. The van der Waals surface area contributed by atoms with Crippen molar-refractivity contribution in [3.05, 3.63) is 63.5 Å². The van der Waals surface area contributed by atoms with E-state index < -0.39 is 11.8 Å². The van der Waals surface area contributed by atoms with Crippen molar-refractivity contribution in [1.82, 2.24) is 15.3 Å². The lowest BCUT2D eigenvalue weighted by atomic mass is 10.2. The number of carbonyl (C=O) groups excluding carboxylic acids is 2. The lowest BCUT2D eigenvalue weighted by molar-refractivity contribution is -0.115. The van der Waals surface area contributed by atoms with E-state index in [-0.39, 0.29) is 12.2 Å². The second-order valence-corrected chi connectivity index (χ2v) is 5.46. The lowest BCUT2D eigenvalue weighted by Gasteiger charge is -2.08. The third kappa shape index (κ3) is 3.47. The molecule has 3 rings (SSSR count). The average molecular weight is 345 g/mol. The number of rotatable bonds is 4. The number of aromatic nitrogens is 2. The normalized spacial score (nSPS) is 10.5. The minimum Gasteiger partial charge on any atom is -0.343 e. The van der Waals surface area contributed by atoms with Gasteiger partial charge in [0.25, 0.3) is 5.91 Å². The largest absolute Gasteiger partial charge is 0.343 e. The van der Waals surface area contributed by atoms with Gasteiger partial charge in [-0.2, -0.15) is 0 Å². The summed E-state index contributed by atoms with van der Waals surface area (Å²) < 4.78 is 0. The molecule has 0 unspecified atom stereocenters. The monoisotopic (exact) mass is 344 g/mol. The zero-order valence-corrected chi connectivity index (χ0v) is 13.1. The van der Waals surface area contributed by atoms with Gasteiger partial charge in [0.1, 0.15) is 0 Å². The standard InChI is InChI=1S/C16H13ClN4O3/c17-11-4-2-1-3-10(11)15(23)18-8-14(22)19-9-5-6-12-13(7-9)21-16(24)20-12/h1-7H,8H2,(H,18,23)(H,19,22)(H2,20,21,24). The number of imidazole rings is 1. The highest BCUT2D eigenvalue weighted by Gasteiger charge is 2.11. The molecule has 0 fully saturated rings. The number of amides is 2. The van der Waals surface area contributed by atoms with E-state index in [0.29, 0.717) is 27.3 Å². The van der Waals surface area contributed by atoms with E-state index in [9.17, 15) is 14.4 Å². The molecule has 1 heterocycles. The number of aromatic amines is 2. The first kappa shape index (κ1) is 15.8. The summed E-state index contributed by atoms with van der Waals surface area (Å²) >= 11 is 5.93. The second-order valence-electron chi connectivity index (χ2n) is 5.05. The van der Waals surface area contributed by atoms with Crippen LogP contribution in [0.1, 0.15) is 10.4 Å². The number of H-pyrrole nitrogens is 2. The van der Waals surface area contributed by atoms with Crippen molar-refractivity contribution < 1.29 is 9.59 Å². The Bertz CT molecular complexity index is 977. The number of benzene rings is 2. The Morgan fingerprint density at radius 3 is 2.58 bits per heavy atom. The summed E-state index contributed by atoms with van der Waals surface area (Å²) in [5.74, 6) is -0.825. The SMILES string of the molecule is O=C(CNC(=O)c1ccccc1Cl)Nc1ccc2[nH]c(=O)[nH]c2c1. The molecule has 1 aromatic heterocycles. The maximum Gasteiger partial charge on any atom is 0.323 e. The van der Waals surface area contributed by atoms with Gasteiger partial charge in [0.2, 0.25) is 5.91 Å². The van der Waals surface area contributed by atoms with Gasteiger partial charge in [-0.1, -0.05) is 23.7 Å². The Hall–Kier alpha value is -3.06. The van der Waals surface area contributed by atoms with Crippen molar-refractivity contribution >= 4 is 40.1 Å². The van der Waals surface area contributed by atoms with E-state index in [1.807, 2.05) is 0 Å². The summed E-state index contributed by atoms with van der Waals surface area (Å²) in [6, 6.07) is 11.5. The molecule has 3 aromatic rings. The third-order valence-electron chi connectivity index (χ3n) is 3.33. The smallest absolute Gasteiger partial charge is 0.323 e. The van der Waals surface area contributed by atoms with Crippen LogP contribution in [-0.2, 0) is 4.79 Å². The fourth-order valence-electron chi connectivity index (χ4n) is 2.22. The van der Waals surface area contributed by atoms with Crippen LogP contribution < -0.4 is 16.3 Å². The Balaban J connectivity index is 1.61. The first-order valence-electron chi connectivity index (χ1n) is 7.07. The van der Waals surface area contributed by atoms with Gasteiger partial charge in [0.15, 0.2) is 0 Å².